The number of H-pyrrole nitrogens is 1. The lowest BCUT2D eigenvalue weighted by molar-refractivity contribution is 1.28. The normalized spacial score (nSPS) is 11.0. The van der Waals surface area contributed by atoms with E-state index in [9.17, 15) is 4.79 Å². The summed E-state index contributed by atoms with van der Waals surface area (Å²) in [4.78, 5) is 14.0. The third-order valence-electron chi connectivity index (χ3n) is 2.41. The van der Waals surface area contributed by atoms with E-state index >= 15 is 0 Å². The molecule has 0 aliphatic heterocycles. The monoisotopic (exact) mass is 254 g/mol. The van der Waals surface area contributed by atoms with Gasteiger partial charge in [-0.2, -0.15) is 10.4 Å². The van der Waals surface area contributed by atoms with Gasteiger partial charge in [-0.25, -0.2) is 0 Å². The van der Waals surface area contributed by atoms with Crippen molar-refractivity contribution in [3.8, 4) is 6.07 Å². The molecule has 0 atom stereocenters. The third kappa shape index (κ3) is 2.58. The van der Waals surface area contributed by atoms with Gasteiger partial charge in [0.15, 0.2) is 5.84 Å². The average Bonchev–Trinajstić information content (AvgIpc) is 2.39. The fourth-order valence-corrected chi connectivity index (χ4v) is 1.53. The first-order valence-corrected chi connectivity index (χ1v) is 5.32. The molecule has 7 nitrogen and oxygen atoms in total. The highest BCUT2D eigenvalue weighted by molar-refractivity contribution is 6.45. The molecular weight excluding hydrogens is 244 g/mol. The Morgan fingerprint density at radius 3 is 2.89 bits per heavy atom. The summed E-state index contributed by atoms with van der Waals surface area (Å²) in [5, 5.41) is 20.4. The van der Waals surface area contributed by atoms with E-state index in [2.05, 4.69) is 15.5 Å². The second kappa shape index (κ2) is 5.01. The molecular formula is C12H10N6O. The molecule has 0 bridgehead atoms. The molecule has 1 aromatic heterocycles. The third-order valence-corrected chi connectivity index (χ3v) is 2.41. The van der Waals surface area contributed by atoms with Gasteiger partial charge in [-0.05, 0) is 12.1 Å². The lowest BCUT2D eigenvalue weighted by Gasteiger charge is -2.05. The summed E-state index contributed by atoms with van der Waals surface area (Å²) in [6.07, 6.45) is 0. The summed E-state index contributed by atoms with van der Waals surface area (Å²) in [5.41, 5.74) is 8.42. The molecule has 0 aliphatic rings. The fraction of sp³-hybridized carbons (Fsp3) is 0. The van der Waals surface area contributed by atoms with Crippen molar-refractivity contribution < 1.29 is 0 Å². The molecule has 0 radical (unpaired) electrons. The van der Waals surface area contributed by atoms with Crippen LogP contribution >= 0.6 is 0 Å². The number of fused-ring (bicyclic) bond motifs is 1. The van der Waals surface area contributed by atoms with E-state index < -0.39 is 5.84 Å². The van der Waals surface area contributed by atoms with Crippen LogP contribution in [0.25, 0.3) is 10.9 Å². The van der Waals surface area contributed by atoms with Crippen LogP contribution in [0.2, 0.25) is 0 Å². The van der Waals surface area contributed by atoms with Crippen molar-refractivity contribution in [1.82, 2.24) is 4.98 Å². The number of nitriles is 1. The number of nitrogens with zero attached hydrogens (tertiary/aromatic N) is 2. The molecule has 0 amide bonds. The Kier molecular flexibility index (Phi) is 3.25. The largest absolute Gasteiger partial charge is 0.382 e. The van der Waals surface area contributed by atoms with Crippen LogP contribution in [0.15, 0.2) is 40.2 Å². The van der Waals surface area contributed by atoms with E-state index in [-0.39, 0.29) is 11.3 Å². The molecule has 19 heavy (non-hydrogen) atoms. The first-order valence-electron chi connectivity index (χ1n) is 5.32. The lowest BCUT2D eigenvalue weighted by atomic mass is 10.2. The summed E-state index contributed by atoms with van der Waals surface area (Å²) in [6.45, 7) is 0. The van der Waals surface area contributed by atoms with Gasteiger partial charge in [-0.1, -0.05) is 12.1 Å². The summed E-state index contributed by atoms with van der Waals surface area (Å²) in [6, 6.07) is 10.1. The Balaban J connectivity index is 2.47. The van der Waals surface area contributed by atoms with Gasteiger partial charge >= 0.3 is 0 Å². The first kappa shape index (κ1) is 12.3. The summed E-state index contributed by atoms with van der Waals surface area (Å²) in [7, 11) is 0. The Morgan fingerprint density at radius 1 is 1.42 bits per heavy atom. The minimum Gasteiger partial charge on any atom is -0.382 e. The van der Waals surface area contributed by atoms with Crippen LogP contribution in [0, 0.1) is 16.7 Å². The molecule has 7 heteroatoms. The zero-order chi connectivity index (χ0) is 13.8. The second-order valence-electron chi connectivity index (χ2n) is 3.69. The quantitative estimate of drug-likeness (QED) is 0.365. The number of nitrogens with one attached hydrogen (secondary N) is 3. The summed E-state index contributed by atoms with van der Waals surface area (Å²) < 4.78 is 0. The Morgan fingerprint density at radius 2 is 2.21 bits per heavy atom. The number of anilines is 1. The second-order valence-corrected chi connectivity index (χ2v) is 3.69. The van der Waals surface area contributed by atoms with Gasteiger partial charge in [0.25, 0.3) is 0 Å². The molecule has 2 rings (SSSR count). The molecule has 5 N–H and O–H groups in total. The number of hydrazone groups is 1. The van der Waals surface area contributed by atoms with Crippen molar-refractivity contribution in [2.24, 2.45) is 10.8 Å². The highest BCUT2D eigenvalue weighted by atomic mass is 16.1. The number of para-hydroxylation sites is 1. The van der Waals surface area contributed by atoms with Crippen molar-refractivity contribution in [3.05, 3.63) is 40.7 Å². The number of hydrogen-bond acceptors (Lipinski definition) is 5. The SMILES string of the molecule is N#C/C(=N\Nc1cccc2ccc(=O)[nH]c12)C(=N)N. The molecule has 94 valence electrons. The molecule has 0 fully saturated rings. The van der Waals surface area contributed by atoms with Gasteiger partial charge in [-0.3, -0.25) is 15.6 Å². The maximum atomic E-state index is 11.3. The predicted octanol–water partition coefficient (Wildman–Crippen LogP) is 0.756. The fourth-order valence-electron chi connectivity index (χ4n) is 1.53. The molecule has 0 aliphatic carbocycles. The number of aromatic amines is 1. The number of nitrogens with two attached hydrogens (primary N) is 1. The van der Waals surface area contributed by atoms with E-state index in [0.717, 1.165) is 5.39 Å². The number of hydrogen-bond donors (Lipinski definition) is 4. The van der Waals surface area contributed by atoms with Crippen LogP contribution in [-0.4, -0.2) is 16.5 Å². The number of benzene rings is 1. The van der Waals surface area contributed by atoms with Gasteiger partial charge in [0.2, 0.25) is 11.3 Å². The zero-order valence-electron chi connectivity index (χ0n) is 9.77. The van der Waals surface area contributed by atoms with Crippen LogP contribution in [0.5, 0.6) is 0 Å². The Hall–Kier alpha value is -3.14. The smallest absolute Gasteiger partial charge is 0.248 e. The molecule has 0 unspecified atom stereocenters. The minimum absolute atomic E-state index is 0.227. The first-order chi connectivity index (χ1) is 9.11. The zero-order valence-corrected chi connectivity index (χ0v) is 9.77. The van der Waals surface area contributed by atoms with Crippen LogP contribution in [0.1, 0.15) is 0 Å². The van der Waals surface area contributed by atoms with Crippen LogP contribution in [-0.2, 0) is 0 Å². The number of rotatable bonds is 3. The highest BCUT2D eigenvalue weighted by Gasteiger charge is 2.03. The van der Waals surface area contributed by atoms with E-state index in [0.29, 0.717) is 11.2 Å². The van der Waals surface area contributed by atoms with Crippen LogP contribution < -0.4 is 16.7 Å². The number of pyridine rings is 1. The van der Waals surface area contributed by atoms with Crippen LogP contribution in [0.3, 0.4) is 0 Å². The van der Waals surface area contributed by atoms with Gasteiger partial charge in [0.1, 0.15) is 6.07 Å². The van der Waals surface area contributed by atoms with Crippen molar-refractivity contribution >= 4 is 28.1 Å². The molecule has 0 saturated heterocycles. The number of aromatic nitrogens is 1. The molecule has 1 aromatic carbocycles. The summed E-state index contributed by atoms with van der Waals surface area (Å²) in [5.74, 6) is -0.427. The van der Waals surface area contributed by atoms with Crippen molar-refractivity contribution in [3.63, 3.8) is 0 Å². The van der Waals surface area contributed by atoms with Crippen molar-refractivity contribution in [2.75, 3.05) is 5.43 Å². The van der Waals surface area contributed by atoms with Crippen molar-refractivity contribution in [1.29, 1.82) is 10.7 Å². The number of amidine groups is 1. The molecule has 1 heterocycles. The molecule has 0 saturated carbocycles. The molecule has 2 aromatic rings. The van der Waals surface area contributed by atoms with Gasteiger partial charge < -0.3 is 10.7 Å². The van der Waals surface area contributed by atoms with Gasteiger partial charge in [0.05, 0.1) is 11.2 Å². The maximum Gasteiger partial charge on any atom is 0.248 e. The van der Waals surface area contributed by atoms with E-state index in [1.165, 1.54) is 6.07 Å². The van der Waals surface area contributed by atoms with E-state index in [1.807, 2.05) is 6.07 Å². The standard InChI is InChI=1S/C12H10N6O/c13-6-9(12(14)15)18-17-8-3-1-2-7-4-5-10(19)16-11(7)8/h1-5,17H,(H3,14,15)(H,16,19)/b18-9+. The lowest BCUT2D eigenvalue weighted by Crippen LogP contribution is -2.21. The van der Waals surface area contributed by atoms with Gasteiger partial charge in [0, 0.05) is 11.5 Å². The average molecular weight is 254 g/mol. The summed E-state index contributed by atoms with van der Waals surface area (Å²) >= 11 is 0. The minimum atomic E-state index is -0.427. The predicted molar refractivity (Wildman–Crippen MR) is 73.2 cm³/mol. The Labute approximate surface area is 107 Å². The maximum absolute atomic E-state index is 11.3. The topological polar surface area (TPSA) is 131 Å². The van der Waals surface area contributed by atoms with Crippen LogP contribution in [0.4, 0.5) is 5.69 Å². The van der Waals surface area contributed by atoms with Gasteiger partial charge in [-0.15, -0.1) is 0 Å². The molecule has 0 spiro atoms. The highest BCUT2D eigenvalue weighted by Crippen LogP contribution is 2.19. The van der Waals surface area contributed by atoms with E-state index in [1.54, 1.807) is 24.3 Å². The van der Waals surface area contributed by atoms with E-state index in [4.69, 9.17) is 16.4 Å². The Bertz CT molecular complexity index is 768. The van der Waals surface area contributed by atoms with Crippen molar-refractivity contribution in [2.45, 2.75) is 0 Å².